The third-order valence-electron chi connectivity index (χ3n) is 7.78. The summed E-state index contributed by atoms with van der Waals surface area (Å²) in [4.78, 5) is 0. The van der Waals surface area contributed by atoms with E-state index >= 15 is 4.57 Å². The summed E-state index contributed by atoms with van der Waals surface area (Å²) in [6, 6.07) is 12.4. The van der Waals surface area contributed by atoms with Crippen LogP contribution in [0.1, 0.15) is 22.3 Å². The summed E-state index contributed by atoms with van der Waals surface area (Å²) in [7, 11) is -5.94. The Morgan fingerprint density at radius 1 is 0.413 bits per heavy atom. The van der Waals surface area contributed by atoms with E-state index in [1.54, 1.807) is 30.3 Å². The third kappa shape index (κ3) is 5.05. The second-order valence-electron chi connectivity index (χ2n) is 10.5. The predicted molar refractivity (Wildman–Crippen MR) is 150 cm³/mol. The Kier molecular flexibility index (Phi) is 6.98. The smallest absolute Gasteiger partial charge is 0.309 e. The van der Waals surface area contributed by atoms with E-state index in [1.807, 2.05) is 0 Å². The van der Waals surface area contributed by atoms with Gasteiger partial charge in [-0.25, -0.2) is 0 Å². The number of rotatable bonds is 3. The number of hydrogen-bond donors (Lipinski definition) is 0. The summed E-state index contributed by atoms with van der Waals surface area (Å²) in [5.41, 5.74) is -7.59. The Labute approximate surface area is 250 Å². The van der Waals surface area contributed by atoms with E-state index in [0.717, 1.165) is 6.07 Å². The van der Waals surface area contributed by atoms with Crippen molar-refractivity contribution in [3.63, 3.8) is 0 Å². The van der Waals surface area contributed by atoms with E-state index in [1.165, 1.54) is 18.2 Å². The standard InChI is InChI=1S/C32H15F12OP/c33-29(34,35)19-8-11-22(31(39,40)41)25(14-19)46(45,26-15-20(30(36,37)38)9-12-23(26)32(42,43)44)24-13-7-18-5-4-16-2-1-3-17-6-10-21(24)28(18)27(16)17/h1-15H. The largest absolute Gasteiger partial charge is 0.417 e. The molecule has 238 valence electrons. The van der Waals surface area contributed by atoms with E-state index in [9.17, 15) is 52.7 Å². The minimum absolute atomic E-state index is 0.0115. The van der Waals surface area contributed by atoms with Crippen LogP contribution >= 0.6 is 7.14 Å². The lowest BCUT2D eigenvalue weighted by molar-refractivity contribution is -0.140. The molecule has 6 aromatic carbocycles. The van der Waals surface area contributed by atoms with Gasteiger partial charge in [-0.15, -0.1) is 0 Å². The summed E-state index contributed by atoms with van der Waals surface area (Å²) < 4.78 is 186. The van der Waals surface area contributed by atoms with Crippen molar-refractivity contribution >= 4 is 55.4 Å². The highest BCUT2D eigenvalue weighted by molar-refractivity contribution is 7.86. The second-order valence-corrected chi connectivity index (χ2v) is 13.2. The van der Waals surface area contributed by atoms with E-state index < -0.39 is 70.0 Å². The molecule has 0 heterocycles. The molecule has 0 aliphatic heterocycles. The van der Waals surface area contributed by atoms with Crippen molar-refractivity contribution in [3.8, 4) is 0 Å². The first-order chi connectivity index (χ1) is 21.2. The summed E-state index contributed by atoms with van der Waals surface area (Å²) in [5, 5.41) is -2.32. The van der Waals surface area contributed by atoms with Crippen LogP contribution in [0.2, 0.25) is 0 Å². The van der Waals surface area contributed by atoms with Crippen molar-refractivity contribution in [2.75, 3.05) is 0 Å². The molecular formula is C32H15F12OP. The lowest BCUT2D eigenvalue weighted by Gasteiger charge is -2.29. The van der Waals surface area contributed by atoms with Crippen molar-refractivity contribution < 1.29 is 57.3 Å². The van der Waals surface area contributed by atoms with Gasteiger partial charge in [-0.3, -0.25) is 0 Å². The first-order valence-electron chi connectivity index (χ1n) is 13.1. The fourth-order valence-electron chi connectivity index (χ4n) is 5.80. The van der Waals surface area contributed by atoms with Gasteiger partial charge in [0.2, 0.25) is 0 Å². The van der Waals surface area contributed by atoms with Gasteiger partial charge in [0.25, 0.3) is 0 Å². The molecule has 0 saturated heterocycles. The van der Waals surface area contributed by atoms with Gasteiger partial charge in [-0.1, -0.05) is 48.5 Å². The maximum Gasteiger partial charge on any atom is 0.417 e. The highest BCUT2D eigenvalue weighted by atomic mass is 31.2. The second kappa shape index (κ2) is 10.1. The molecular weight excluding hydrogens is 659 g/mol. The average molecular weight is 674 g/mol. The van der Waals surface area contributed by atoms with Gasteiger partial charge >= 0.3 is 24.7 Å². The molecule has 0 saturated carbocycles. The lowest BCUT2D eigenvalue weighted by Crippen LogP contribution is -2.35. The van der Waals surface area contributed by atoms with Gasteiger partial charge in [0.1, 0.15) is 0 Å². The summed E-state index contributed by atoms with van der Waals surface area (Å²) in [6.07, 6.45) is -21.9. The molecule has 0 aliphatic rings. The van der Waals surface area contributed by atoms with Crippen LogP contribution in [0.5, 0.6) is 0 Å². The molecule has 0 bridgehead atoms. The lowest BCUT2D eigenvalue weighted by atomic mass is 9.94. The van der Waals surface area contributed by atoms with E-state index in [0.29, 0.717) is 21.5 Å². The zero-order chi connectivity index (χ0) is 33.6. The van der Waals surface area contributed by atoms with Gasteiger partial charge in [-0.2, -0.15) is 52.7 Å². The van der Waals surface area contributed by atoms with Crippen LogP contribution < -0.4 is 15.9 Å². The van der Waals surface area contributed by atoms with Gasteiger partial charge in [0.05, 0.1) is 22.3 Å². The van der Waals surface area contributed by atoms with Crippen LogP contribution in [0.15, 0.2) is 91.0 Å². The maximum atomic E-state index is 15.5. The molecule has 0 aliphatic carbocycles. The van der Waals surface area contributed by atoms with Crippen LogP contribution in [0.3, 0.4) is 0 Å². The Hall–Kier alpha value is -4.25. The normalized spacial score (nSPS) is 13.7. The van der Waals surface area contributed by atoms with Crippen LogP contribution in [-0.2, 0) is 29.3 Å². The Morgan fingerprint density at radius 2 is 0.826 bits per heavy atom. The summed E-state index contributed by atoms with van der Waals surface area (Å²) >= 11 is 0. The predicted octanol–water partition coefficient (Wildman–Crippen LogP) is 10.3. The van der Waals surface area contributed by atoms with E-state index in [4.69, 9.17) is 0 Å². The molecule has 0 fully saturated rings. The molecule has 0 unspecified atom stereocenters. The minimum atomic E-state index is -5.94. The number of halogens is 12. The molecule has 6 rings (SSSR count). The van der Waals surface area contributed by atoms with Crippen LogP contribution in [0, 0.1) is 0 Å². The van der Waals surface area contributed by atoms with Crippen LogP contribution in [0.25, 0.3) is 32.3 Å². The third-order valence-corrected chi connectivity index (χ3v) is 10.9. The van der Waals surface area contributed by atoms with Gasteiger partial charge in [0, 0.05) is 15.9 Å². The summed E-state index contributed by atoms with van der Waals surface area (Å²) in [5.74, 6) is 0. The molecule has 0 atom stereocenters. The first-order valence-corrected chi connectivity index (χ1v) is 14.8. The van der Waals surface area contributed by atoms with E-state index in [-0.39, 0.29) is 47.2 Å². The molecule has 6 aromatic rings. The molecule has 0 N–H and O–H groups in total. The zero-order valence-corrected chi connectivity index (χ0v) is 23.4. The average Bonchev–Trinajstić information content (AvgIpc) is 2.97. The SMILES string of the molecule is O=P(c1cc(C(F)(F)F)ccc1C(F)(F)F)(c1cc(C(F)(F)F)ccc1C(F)(F)F)c1ccc2ccc3cccc4ccc1c2c34. The molecule has 1 nitrogen and oxygen atoms in total. The van der Waals surface area contributed by atoms with Crippen molar-refractivity contribution in [2.45, 2.75) is 24.7 Å². The van der Waals surface area contributed by atoms with Crippen molar-refractivity contribution in [1.29, 1.82) is 0 Å². The van der Waals surface area contributed by atoms with Gasteiger partial charge in [0.15, 0.2) is 7.14 Å². The topological polar surface area (TPSA) is 17.1 Å². The monoisotopic (exact) mass is 674 g/mol. The molecule has 0 amide bonds. The van der Waals surface area contributed by atoms with Crippen LogP contribution in [0.4, 0.5) is 52.7 Å². The molecule has 46 heavy (non-hydrogen) atoms. The molecule has 0 spiro atoms. The fourth-order valence-corrected chi connectivity index (χ4v) is 9.11. The Morgan fingerprint density at radius 3 is 1.26 bits per heavy atom. The van der Waals surface area contributed by atoms with Crippen molar-refractivity contribution in [3.05, 3.63) is 113 Å². The number of benzene rings is 6. The Bertz CT molecular complexity index is 2090. The van der Waals surface area contributed by atoms with E-state index in [2.05, 4.69) is 0 Å². The highest BCUT2D eigenvalue weighted by Crippen LogP contribution is 2.53. The van der Waals surface area contributed by atoms with Crippen molar-refractivity contribution in [2.24, 2.45) is 0 Å². The van der Waals surface area contributed by atoms with Gasteiger partial charge in [-0.05, 0) is 74.8 Å². The number of hydrogen-bond acceptors (Lipinski definition) is 1. The highest BCUT2D eigenvalue weighted by Gasteiger charge is 2.48. The van der Waals surface area contributed by atoms with Gasteiger partial charge < -0.3 is 4.57 Å². The maximum absolute atomic E-state index is 15.5. The first kappa shape index (κ1) is 31.7. The Balaban J connectivity index is 1.88. The quantitative estimate of drug-likeness (QED) is 0.104. The summed E-state index contributed by atoms with van der Waals surface area (Å²) in [6.45, 7) is 0. The minimum Gasteiger partial charge on any atom is -0.309 e. The molecule has 0 aromatic heterocycles. The van der Waals surface area contributed by atoms with Crippen LogP contribution in [-0.4, -0.2) is 0 Å². The zero-order valence-electron chi connectivity index (χ0n) is 22.6. The fraction of sp³-hybridized carbons (Fsp3) is 0.125. The molecule has 0 radical (unpaired) electrons. The number of alkyl halides is 12. The van der Waals surface area contributed by atoms with Crippen molar-refractivity contribution in [1.82, 2.24) is 0 Å². The molecule has 14 heteroatoms.